The van der Waals surface area contributed by atoms with Crippen molar-refractivity contribution in [3.8, 4) is 0 Å². The molecule has 0 bridgehead atoms. The van der Waals surface area contributed by atoms with Gasteiger partial charge < -0.3 is 9.64 Å². The van der Waals surface area contributed by atoms with Gasteiger partial charge >= 0.3 is 6.18 Å². The van der Waals surface area contributed by atoms with Gasteiger partial charge in [-0.25, -0.2) is 13.6 Å². The molecule has 1 aromatic rings. The van der Waals surface area contributed by atoms with Crippen molar-refractivity contribution < 1.29 is 26.3 Å². The van der Waals surface area contributed by atoms with Gasteiger partial charge in [0.25, 0.3) is 0 Å². The zero-order valence-electron chi connectivity index (χ0n) is 12.1. The molecule has 0 aliphatic heterocycles. The Kier molecular flexibility index (Phi) is 4.42. The van der Waals surface area contributed by atoms with Crippen molar-refractivity contribution in [3.63, 3.8) is 0 Å². The van der Waals surface area contributed by atoms with Gasteiger partial charge in [-0.05, 0) is 31.0 Å². The van der Waals surface area contributed by atoms with Gasteiger partial charge in [0.15, 0.2) is 0 Å². The van der Waals surface area contributed by atoms with E-state index in [1.807, 2.05) is 0 Å². The SMILES string of the molecule is COC1CC(N(C)c2ccc(S(N)(=O)=O)c(C(F)(F)F)c2)C1. The summed E-state index contributed by atoms with van der Waals surface area (Å²) in [4.78, 5) is 0.776. The van der Waals surface area contributed by atoms with Gasteiger partial charge in [0.1, 0.15) is 0 Å². The number of nitrogens with two attached hydrogens (primary N) is 1. The summed E-state index contributed by atoms with van der Waals surface area (Å²) in [5.74, 6) is 0. The first-order valence-electron chi connectivity index (χ1n) is 6.53. The van der Waals surface area contributed by atoms with Crippen LogP contribution in [-0.4, -0.2) is 34.7 Å². The Bertz CT molecular complexity index is 655. The minimum atomic E-state index is -4.80. The molecule has 0 radical (unpaired) electrons. The van der Waals surface area contributed by atoms with E-state index in [2.05, 4.69) is 0 Å². The summed E-state index contributed by atoms with van der Waals surface area (Å²) < 4.78 is 67.0. The molecule has 0 spiro atoms. The smallest absolute Gasteiger partial charge is 0.381 e. The highest BCUT2D eigenvalue weighted by molar-refractivity contribution is 7.89. The van der Waals surface area contributed by atoms with Crippen LogP contribution < -0.4 is 10.0 Å². The second-order valence-electron chi connectivity index (χ2n) is 5.32. The van der Waals surface area contributed by atoms with E-state index in [-0.39, 0.29) is 12.1 Å². The second-order valence-corrected chi connectivity index (χ2v) is 6.85. The first-order chi connectivity index (χ1) is 10.0. The predicted octanol–water partition coefficient (Wildman–Crippen LogP) is 1.97. The summed E-state index contributed by atoms with van der Waals surface area (Å²) >= 11 is 0. The Balaban J connectivity index is 2.36. The Morgan fingerprint density at radius 3 is 2.36 bits per heavy atom. The van der Waals surface area contributed by atoms with Crippen molar-refractivity contribution in [3.05, 3.63) is 23.8 Å². The van der Waals surface area contributed by atoms with Crippen LogP contribution in [0.2, 0.25) is 0 Å². The van der Waals surface area contributed by atoms with Gasteiger partial charge in [0, 0.05) is 25.9 Å². The Hall–Kier alpha value is -1.32. The average Bonchev–Trinajstić information content (AvgIpc) is 2.34. The van der Waals surface area contributed by atoms with Gasteiger partial charge in [0.05, 0.1) is 16.6 Å². The molecule has 124 valence electrons. The fourth-order valence-corrected chi connectivity index (χ4v) is 3.20. The molecule has 1 fully saturated rings. The summed E-state index contributed by atoms with van der Waals surface area (Å²) in [6, 6.07) is 3.11. The lowest BCUT2D eigenvalue weighted by atomic mass is 9.88. The molecule has 0 heterocycles. The summed E-state index contributed by atoms with van der Waals surface area (Å²) in [6.07, 6.45) is -3.26. The van der Waals surface area contributed by atoms with Crippen LogP contribution in [0.1, 0.15) is 18.4 Å². The minimum absolute atomic E-state index is 0.0615. The number of hydrogen-bond acceptors (Lipinski definition) is 4. The molecule has 0 atom stereocenters. The molecule has 0 amide bonds. The number of ether oxygens (including phenoxy) is 1. The molecule has 1 aromatic carbocycles. The molecule has 2 N–H and O–H groups in total. The lowest BCUT2D eigenvalue weighted by Gasteiger charge is -2.41. The zero-order valence-corrected chi connectivity index (χ0v) is 12.9. The molecule has 22 heavy (non-hydrogen) atoms. The minimum Gasteiger partial charge on any atom is -0.381 e. The van der Waals surface area contributed by atoms with E-state index < -0.39 is 26.7 Å². The van der Waals surface area contributed by atoms with Crippen LogP contribution in [0.15, 0.2) is 23.1 Å². The second kappa shape index (κ2) is 5.71. The van der Waals surface area contributed by atoms with E-state index in [1.165, 1.54) is 6.07 Å². The molecular formula is C13H17F3N2O3S. The largest absolute Gasteiger partial charge is 0.417 e. The molecule has 2 rings (SSSR count). The number of halogens is 3. The van der Waals surface area contributed by atoms with Crippen LogP contribution in [0.4, 0.5) is 18.9 Å². The molecule has 5 nitrogen and oxygen atoms in total. The molecule has 0 unspecified atom stereocenters. The number of hydrogen-bond donors (Lipinski definition) is 1. The van der Waals surface area contributed by atoms with E-state index in [1.54, 1.807) is 19.1 Å². The standard InChI is InChI=1S/C13H17F3N2O3S/c1-18(9-5-10(6-9)21-2)8-3-4-12(22(17,19)20)11(7-8)13(14,15)16/h3-4,7,9-10H,5-6H2,1-2H3,(H2,17,19,20). The first-order valence-corrected chi connectivity index (χ1v) is 8.08. The molecule has 1 saturated carbocycles. The Morgan fingerprint density at radius 2 is 1.91 bits per heavy atom. The number of alkyl halides is 3. The third-order valence-electron chi connectivity index (χ3n) is 3.93. The van der Waals surface area contributed by atoms with Gasteiger partial charge in [-0.2, -0.15) is 13.2 Å². The highest BCUT2D eigenvalue weighted by atomic mass is 32.2. The number of benzene rings is 1. The van der Waals surface area contributed by atoms with Crippen molar-refractivity contribution in [2.24, 2.45) is 5.14 Å². The van der Waals surface area contributed by atoms with Gasteiger partial charge in [-0.1, -0.05) is 0 Å². The fourth-order valence-electron chi connectivity index (χ4n) is 2.46. The van der Waals surface area contributed by atoms with Crippen molar-refractivity contribution in [2.45, 2.75) is 36.1 Å². The molecule has 1 aliphatic rings. The number of methoxy groups -OCH3 is 1. The molecule has 0 aromatic heterocycles. The van der Waals surface area contributed by atoms with Crippen LogP contribution in [-0.2, 0) is 20.9 Å². The lowest BCUT2D eigenvalue weighted by Crippen LogP contribution is -2.46. The van der Waals surface area contributed by atoms with Crippen molar-refractivity contribution in [2.75, 3.05) is 19.1 Å². The number of sulfonamides is 1. The predicted molar refractivity (Wildman–Crippen MR) is 75.0 cm³/mol. The van der Waals surface area contributed by atoms with E-state index in [4.69, 9.17) is 9.88 Å². The third kappa shape index (κ3) is 3.36. The number of rotatable bonds is 4. The number of primary sulfonamides is 1. The summed E-state index contributed by atoms with van der Waals surface area (Å²) in [5.41, 5.74) is -0.957. The third-order valence-corrected chi connectivity index (χ3v) is 4.90. The van der Waals surface area contributed by atoms with Crippen LogP contribution >= 0.6 is 0 Å². The van der Waals surface area contributed by atoms with Crippen molar-refractivity contribution >= 4 is 15.7 Å². The van der Waals surface area contributed by atoms with Gasteiger partial charge in [-0.3, -0.25) is 0 Å². The number of nitrogens with zero attached hydrogens (tertiary/aromatic N) is 1. The van der Waals surface area contributed by atoms with Crippen LogP contribution in [0.25, 0.3) is 0 Å². The quantitative estimate of drug-likeness (QED) is 0.911. The maximum absolute atomic E-state index is 13.1. The van der Waals surface area contributed by atoms with Crippen LogP contribution in [0.5, 0.6) is 0 Å². The van der Waals surface area contributed by atoms with Crippen LogP contribution in [0.3, 0.4) is 0 Å². The van der Waals surface area contributed by atoms with Crippen molar-refractivity contribution in [1.29, 1.82) is 0 Å². The van der Waals surface area contributed by atoms with E-state index in [0.29, 0.717) is 18.5 Å². The molecule has 1 aliphatic carbocycles. The molecule has 9 heteroatoms. The highest BCUT2D eigenvalue weighted by Gasteiger charge is 2.38. The highest BCUT2D eigenvalue weighted by Crippen LogP contribution is 2.38. The fraction of sp³-hybridized carbons (Fsp3) is 0.538. The summed E-state index contributed by atoms with van der Waals surface area (Å²) in [5, 5.41) is 4.86. The van der Waals surface area contributed by atoms with E-state index in [0.717, 1.165) is 12.1 Å². The average molecular weight is 338 g/mol. The first kappa shape index (κ1) is 17.0. The van der Waals surface area contributed by atoms with Gasteiger partial charge in [0.2, 0.25) is 10.0 Å². The normalized spacial score (nSPS) is 22.3. The maximum Gasteiger partial charge on any atom is 0.417 e. The van der Waals surface area contributed by atoms with E-state index in [9.17, 15) is 21.6 Å². The maximum atomic E-state index is 13.1. The topological polar surface area (TPSA) is 72.6 Å². The summed E-state index contributed by atoms with van der Waals surface area (Å²) in [7, 11) is -1.19. The van der Waals surface area contributed by atoms with Gasteiger partial charge in [-0.15, -0.1) is 0 Å². The zero-order chi connectivity index (χ0) is 16.7. The Morgan fingerprint density at radius 1 is 1.32 bits per heavy atom. The van der Waals surface area contributed by atoms with E-state index >= 15 is 0 Å². The van der Waals surface area contributed by atoms with Crippen LogP contribution in [0, 0.1) is 0 Å². The lowest BCUT2D eigenvalue weighted by molar-refractivity contribution is -0.139. The number of anilines is 1. The molecular weight excluding hydrogens is 321 g/mol. The van der Waals surface area contributed by atoms with Crippen molar-refractivity contribution in [1.82, 2.24) is 0 Å². The summed E-state index contributed by atoms with van der Waals surface area (Å²) in [6.45, 7) is 0. The monoisotopic (exact) mass is 338 g/mol. The Labute approximate surface area is 126 Å². The molecule has 0 saturated heterocycles.